The van der Waals surface area contributed by atoms with Crippen molar-refractivity contribution in [1.29, 1.82) is 0 Å². The predicted molar refractivity (Wildman–Crippen MR) is 75.3 cm³/mol. The first-order chi connectivity index (χ1) is 10.2. The van der Waals surface area contributed by atoms with Crippen LogP contribution in [-0.2, 0) is 6.61 Å². The third-order valence-electron chi connectivity index (χ3n) is 3.75. The lowest BCUT2D eigenvalue weighted by molar-refractivity contribution is 0.0691. The molecular formula is C15H17N3O3. The molecule has 6 heteroatoms. The van der Waals surface area contributed by atoms with Crippen molar-refractivity contribution in [3.8, 4) is 5.75 Å². The summed E-state index contributed by atoms with van der Waals surface area (Å²) in [5, 5.41) is 13.6. The quantitative estimate of drug-likeness (QED) is 0.914. The lowest BCUT2D eigenvalue weighted by Gasteiger charge is -2.09. The van der Waals surface area contributed by atoms with Crippen LogP contribution in [-0.4, -0.2) is 25.8 Å². The van der Waals surface area contributed by atoms with Gasteiger partial charge >= 0.3 is 5.97 Å². The zero-order valence-electron chi connectivity index (χ0n) is 11.6. The molecule has 1 saturated carbocycles. The molecule has 6 nitrogen and oxygen atoms in total. The van der Waals surface area contributed by atoms with Crippen molar-refractivity contribution >= 4 is 5.97 Å². The van der Waals surface area contributed by atoms with E-state index >= 15 is 0 Å². The Hall–Kier alpha value is -2.37. The van der Waals surface area contributed by atoms with Crippen molar-refractivity contribution in [1.82, 2.24) is 14.8 Å². The summed E-state index contributed by atoms with van der Waals surface area (Å²) >= 11 is 0. The number of nitrogens with zero attached hydrogens (tertiary/aromatic N) is 3. The van der Waals surface area contributed by atoms with Crippen LogP contribution in [0, 0.1) is 0 Å². The topological polar surface area (TPSA) is 77.2 Å². The first-order valence-electron chi connectivity index (χ1n) is 7.08. The lowest BCUT2D eigenvalue weighted by atomic mass is 10.2. The molecule has 0 radical (unpaired) electrons. The van der Waals surface area contributed by atoms with Crippen molar-refractivity contribution in [2.75, 3.05) is 0 Å². The molecule has 0 atom stereocenters. The first-order valence-corrected chi connectivity index (χ1v) is 7.08. The highest BCUT2D eigenvalue weighted by molar-refractivity contribution is 5.90. The summed E-state index contributed by atoms with van der Waals surface area (Å²) in [6.07, 6.45) is 9.68. The molecule has 2 aromatic rings. The molecule has 1 fully saturated rings. The van der Waals surface area contributed by atoms with Crippen molar-refractivity contribution in [2.24, 2.45) is 0 Å². The van der Waals surface area contributed by atoms with Gasteiger partial charge in [0.05, 0.1) is 17.9 Å². The Morgan fingerprint density at radius 3 is 2.95 bits per heavy atom. The zero-order valence-corrected chi connectivity index (χ0v) is 11.6. The van der Waals surface area contributed by atoms with E-state index in [9.17, 15) is 4.79 Å². The Kier molecular flexibility index (Phi) is 3.85. The van der Waals surface area contributed by atoms with E-state index in [1.807, 2.05) is 16.9 Å². The standard InChI is InChI=1S/C15H17N3O3/c19-15(20)13-5-7-16-9-14(13)21-10-11-6-8-18(17-11)12-3-1-2-4-12/h5-9,12H,1-4,10H2,(H,19,20). The van der Waals surface area contributed by atoms with Gasteiger partial charge in [-0.15, -0.1) is 0 Å². The van der Waals surface area contributed by atoms with Gasteiger partial charge in [-0.1, -0.05) is 12.8 Å². The fraction of sp³-hybridized carbons (Fsp3) is 0.400. The van der Waals surface area contributed by atoms with E-state index in [0.29, 0.717) is 6.04 Å². The smallest absolute Gasteiger partial charge is 0.339 e. The van der Waals surface area contributed by atoms with Crippen molar-refractivity contribution in [3.05, 3.63) is 42.0 Å². The van der Waals surface area contributed by atoms with E-state index < -0.39 is 5.97 Å². The highest BCUT2D eigenvalue weighted by Crippen LogP contribution is 2.28. The number of carboxylic acids is 1. The molecule has 1 N–H and O–H groups in total. The van der Waals surface area contributed by atoms with Gasteiger partial charge in [0.25, 0.3) is 0 Å². The Morgan fingerprint density at radius 1 is 1.38 bits per heavy atom. The summed E-state index contributed by atoms with van der Waals surface area (Å²) in [4.78, 5) is 15.0. The number of carbonyl (C=O) groups is 1. The Bertz CT molecular complexity index is 633. The van der Waals surface area contributed by atoms with Gasteiger partial charge in [-0.2, -0.15) is 5.10 Å². The maximum atomic E-state index is 11.1. The number of carboxylic acid groups (broad SMARTS) is 1. The van der Waals surface area contributed by atoms with Crippen LogP contribution in [0.25, 0.3) is 0 Å². The number of ether oxygens (including phenoxy) is 1. The molecular weight excluding hydrogens is 270 g/mol. The maximum absolute atomic E-state index is 11.1. The van der Waals surface area contributed by atoms with E-state index in [1.165, 1.54) is 44.1 Å². The number of rotatable bonds is 5. The summed E-state index contributed by atoms with van der Waals surface area (Å²) in [6.45, 7) is 0.242. The van der Waals surface area contributed by atoms with E-state index in [0.717, 1.165) is 5.69 Å². The summed E-state index contributed by atoms with van der Waals surface area (Å²) in [7, 11) is 0. The second-order valence-electron chi connectivity index (χ2n) is 5.19. The molecule has 0 unspecified atom stereocenters. The molecule has 0 bridgehead atoms. The molecule has 1 aliphatic carbocycles. The number of hydrogen-bond donors (Lipinski definition) is 1. The summed E-state index contributed by atoms with van der Waals surface area (Å²) < 4.78 is 7.53. The monoisotopic (exact) mass is 287 g/mol. The number of aromatic nitrogens is 3. The summed E-state index contributed by atoms with van der Waals surface area (Å²) in [5.41, 5.74) is 0.905. The third kappa shape index (κ3) is 3.04. The fourth-order valence-corrected chi connectivity index (χ4v) is 2.65. The average molecular weight is 287 g/mol. The molecule has 0 spiro atoms. The SMILES string of the molecule is O=C(O)c1ccncc1OCc1ccn(C2CCCC2)n1. The van der Waals surface area contributed by atoms with Gasteiger partial charge in [-0.3, -0.25) is 9.67 Å². The molecule has 1 aliphatic rings. The summed E-state index contributed by atoms with van der Waals surface area (Å²) in [6, 6.07) is 3.83. The van der Waals surface area contributed by atoms with Crippen LogP contribution in [0.4, 0.5) is 0 Å². The molecule has 2 aromatic heterocycles. The fourth-order valence-electron chi connectivity index (χ4n) is 2.65. The Morgan fingerprint density at radius 2 is 2.19 bits per heavy atom. The minimum Gasteiger partial charge on any atom is -0.485 e. The minimum atomic E-state index is -1.02. The molecule has 2 heterocycles. The third-order valence-corrected chi connectivity index (χ3v) is 3.75. The van der Waals surface area contributed by atoms with Gasteiger partial charge in [-0.25, -0.2) is 4.79 Å². The number of aromatic carboxylic acids is 1. The van der Waals surface area contributed by atoms with Gasteiger partial charge in [0, 0.05) is 12.4 Å². The van der Waals surface area contributed by atoms with Crippen LogP contribution in [0.5, 0.6) is 5.75 Å². The zero-order chi connectivity index (χ0) is 14.7. The molecule has 3 rings (SSSR count). The van der Waals surface area contributed by atoms with Crippen LogP contribution in [0.15, 0.2) is 30.7 Å². The normalized spacial score (nSPS) is 15.2. The predicted octanol–water partition coefficient (Wildman–Crippen LogP) is 2.67. The average Bonchev–Trinajstić information content (AvgIpc) is 3.16. The molecule has 0 aromatic carbocycles. The van der Waals surface area contributed by atoms with Gasteiger partial charge in [-0.05, 0) is 25.0 Å². The van der Waals surface area contributed by atoms with Gasteiger partial charge < -0.3 is 9.84 Å². The van der Waals surface area contributed by atoms with Gasteiger partial charge in [0.15, 0.2) is 5.75 Å². The van der Waals surface area contributed by atoms with E-state index in [4.69, 9.17) is 9.84 Å². The molecule has 0 amide bonds. The molecule has 0 aliphatic heterocycles. The Labute approximate surface area is 122 Å². The largest absolute Gasteiger partial charge is 0.485 e. The van der Waals surface area contributed by atoms with Crippen LogP contribution in [0.1, 0.15) is 47.8 Å². The van der Waals surface area contributed by atoms with E-state index in [2.05, 4.69) is 10.1 Å². The minimum absolute atomic E-state index is 0.111. The maximum Gasteiger partial charge on any atom is 0.339 e. The van der Waals surface area contributed by atoms with Crippen LogP contribution < -0.4 is 4.74 Å². The second-order valence-corrected chi connectivity index (χ2v) is 5.19. The van der Waals surface area contributed by atoms with E-state index in [1.54, 1.807) is 0 Å². The van der Waals surface area contributed by atoms with Crippen LogP contribution in [0.2, 0.25) is 0 Å². The van der Waals surface area contributed by atoms with E-state index in [-0.39, 0.29) is 17.9 Å². The number of pyridine rings is 1. The van der Waals surface area contributed by atoms with Crippen LogP contribution >= 0.6 is 0 Å². The van der Waals surface area contributed by atoms with Gasteiger partial charge in [0.1, 0.15) is 12.2 Å². The first kappa shape index (κ1) is 13.6. The molecule has 0 saturated heterocycles. The van der Waals surface area contributed by atoms with Crippen LogP contribution in [0.3, 0.4) is 0 Å². The van der Waals surface area contributed by atoms with Crippen molar-refractivity contribution < 1.29 is 14.6 Å². The molecule has 110 valence electrons. The number of hydrogen-bond acceptors (Lipinski definition) is 4. The molecule has 21 heavy (non-hydrogen) atoms. The highest BCUT2D eigenvalue weighted by atomic mass is 16.5. The highest BCUT2D eigenvalue weighted by Gasteiger charge is 2.18. The van der Waals surface area contributed by atoms with Gasteiger partial charge in [0.2, 0.25) is 0 Å². The second kappa shape index (κ2) is 5.95. The summed E-state index contributed by atoms with van der Waals surface area (Å²) in [5.74, 6) is -0.760. The van der Waals surface area contributed by atoms with Crippen molar-refractivity contribution in [3.63, 3.8) is 0 Å². The lowest BCUT2D eigenvalue weighted by Crippen LogP contribution is -2.07. The van der Waals surface area contributed by atoms with Crippen molar-refractivity contribution in [2.45, 2.75) is 38.3 Å². The Balaban J connectivity index is 1.66.